The van der Waals surface area contributed by atoms with Gasteiger partial charge in [0.2, 0.25) is 0 Å². The molecule has 1 rings (SSSR count). The molecular weight excluding hydrogens is 216 g/mol. The van der Waals surface area contributed by atoms with Crippen molar-refractivity contribution in [2.45, 2.75) is 20.4 Å². The molecule has 1 aromatic rings. The first-order chi connectivity index (χ1) is 7.40. The summed E-state index contributed by atoms with van der Waals surface area (Å²) in [4.78, 5) is 5.54. The van der Waals surface area contributed by atoms with Gasteiger partial charge in [-0.25, -0.2) is 0 Å². The van der Waals surface area contributed by atoms with Gasteiger partial charge in [0.25, 0.3) is 0 Å². The van der Waals surface area contributed by atoms with Gasteiger partial charge in [-0.1, -0.05) is 13.0 Å². The molecule has 0 aliphatic heterocycles. The van der Waals surface area contributed by atoms with Crippen molar-refractivity contribution in [3.63, 3.8) is 0 Å². The summed E-state index contributed by atoms with van der Waals surface area (Å²) in [6, 6.07) is 5.39. The van der Waals surface area contributed by atoms with E-state index in [4.69, 9.17) is 0 Å². The molecule has 0 bridgehead atoms. The highest BCUT2D eigenvalue weighted by Gasteiger charge is 2.25. The SMILES string of the molecule is CCN(Cc1cccc(C)n1)C[B-](F)(F)F. The number of aromatic nitrogens is 1. The molecule has 1 heterocycles. The normalized spacial score (nSPS) is 12.1. The van der Waals surface area contributed by atoms with Crippen LogP contribution < -0.4 is 0 Å². The average Bonchev–Trinajstić information content (AvgIpc) is 2.14. The van der Waals surface area contributed by atoms with Gasteiger partial charge in [0.1, 0.15) is 0 Å². The molecule has 0 spiro atoms. The lowest BCUT2D eigenvalue weighted by molar-refractivity contribution is 0.281. The number of rotatable bonds is 5. The molecule has 0 aliphatic rings. The highest BCUT2D eigenvalue weighted by Crippen LogP contribution is 2.12. The maximum Gasteiger partial charge on any atom is 0.492 e. The lowest BCUT2D eigenvalue weighted by Crippen LogP contribution is -2.37. The van der Waals surface area contributed by atoms with Crippen LogP contribution in [0.1, 0.15) is 18.3 Å². The first-order valence-electron chi connectivity index (χ1n) is 5.26. The quantitative estimate of drug-likeness (QED) is 0.724. The van der Waals surface area contributed by atoms with Gasteiger partial charge in [-0.2, -0.15) is 0 Å². The fourth-order valence-electron chi connectivity index (χ4n) is 1.51. The Morgan fingerprint density at radius 1 is 1.31 bits per heavy atom. The van der Waals surface area contributed by atoms with E-state index in [1.54, 1.807) is 13.0 Å². The van der Waals surface area contributed by atoms with E-state index in [2.05, 4.69) is 4.98 Å². The molecule has 0 unspecified atom stereocenters. The number of halogens is 3. The van der Waals surface area contributed by atoms with E-state index in [0.717, 1.165) is 5.69 Å². The van der Waals surface area contributed by atoms with Gasteiger partial charge in [0.15, 0.2) is 0 Å². The Kier molecular flexibility index (Phi) is 4.35. The minimum absolute atomic E-state index is 0.249. The molecule has 0 fully saturated rings. The van der Waals surface area contributed by atoms with Crippen molar-refractivity contribution < 1.29 is 12.9 Å². The average molecular weight is 231 g/mol. The van der Waals surface area contributed by atoms with Gasteiger partial charge in [-0.3, -0.25) is 4.98 Å². The minimum atomic E-state index is -4.76. The van der Waals surface area contributed by atoms with Crippen LogP contribution in [-0.2, 0) is 6.54 Å². The van der Waals surface area contributed by atoms with Crippen LogP contribution >= 0.6 is 0 Å². The highest BCUT2D eigenvalue weighted by molar-refractivity contribution is 6.58. The lowest BCUT2D eigenvalue weighted by Gasteiger charge is -2.26. The molecule has 16 heavy (non-hydrogen) atoms. The zero-order valence-electron chi connectivity index (χ0n) is 9.46. The van der Waals surface area contributed by atoms with Crippen molar-refractivity contribution in [1.29, 1.82) is 0 Å². The second kappa shape index (κ2) is 5.34. The topological polar surface area (TPSA) is 16.1 Å². The molecule has 0 saturated carbocycles. The van der Waals surface area contributed by atoms with Gasteiger partial charge < -0.3 is 17.8 Å². The summed E-state index contributed by atoms with van der Waals surface area (Å²) in [6.07, 6.45) is -0.827. The highest BCUT2D eigenvalue weighted by atomic mass is 19.4. The van der Waals surface area contributed by atoms with Gasteiger partial charge in [0, 0.05) is 12.2 Å². The van der Waals surface area contributed by atoms with Gasteiger partial charge in [0.05, 0.1) is 5.69 Å². The van der Waals surface area contributed by atoms with Crippen LogP contribution in [0.2, 0.25) is 0 Å². The first kappa shape index (κ1) is 13.0. The third-order valence-electron chi connectivity index (χ3n) is 2.24. The van der Waals surface area contributed by atoms with E-state index in [0.29, 0.717) is 12.2 Å². The van der Waals surface area contributed by atoms with Gasteiger partial charge >= 0.3 is 6.98 Å². The largest absolute Gasteiger partial charge is 0.492 e. The van der Waals surface area contributed by atoms with Crippen LogP contribution in [0, 0.1) is 6.92 Å². The predicted molar refractivity (Wildman–Crippen MR) is 59.0 cm³/mol. The second-order valence-electron chi connectivity index (χ2n) is 3.81. The molecule has 0 N–H and O–H groups in total. The van der Waals surface area contributed by atoms with Crippen molar-refractivity contribution in [2.24, 2.45) is 0 Å². The maximum atomic E-state index is 12.3. The molecule has 2 nitrogen and oxygen atoms in total. The summed E-state index contributed by atoms with van der Waals surface area (Å²) in [5.74, 6) is 0. The molecule has 0 radical (unpaired) electrons. The smallest absolute Gasteiger partial charge is 0.448 e. The summed E-state index contributed by atoms with van der Waals surface area (Å²) in [5, 5.41) is 0. The molecule has 0 saturated heterocycles. The lowest BCUT2D eigenvalue weighted by atomic mass is 9.91. The fraction of sp³-hybridized carbons (Fsp3) is 0.500. The van der Waals surface area contributed by atoms with Crippen LogP contribution in [0.15, 0.2) is 18.2 Å². The fourth-order valence-corrected chi connectivity index (χ4v) is 1.51. The Hall–Kier alpha value is -1.04. The minimum Gasteiger partial charge on any atom is -0.448 e. The van der Waals surface area contributed by atoms with Crippen molar-refractivity contribution in [3.8, 4) is 0 Å². The van der Waals surface area contributed by atoms with Gasteiger partial charge in [-0.15, -0.1) is 0 Å². The number of pyridine rings is 1. The molecule has 6 heteroatoms. The number of hydrogen-bond acceptors (Lipinski definition) is 2. The zero-order chi connectivity index (χ0) is 12.2. The monoisotopic (exact) mass is 231 g/mol. The van der Waals surface area contributed by atoms with Gasteiger partial charge in [-0.05, 0) is 32.0 Å². The summed E-state index contributed by atoms with van der Waals surface area (Å²) < 4.78 is 36.8. The Balaban J connectivity index is 2.63. The number of nitrogens with zero attached hydrogens (tertiary/aromatic N) is 2. The summed E-state index contributed by atoms with van der Waals surface area (Å²) in [7, 11) is 0. The first-order valence-corrected chi connectivity index (χ1v) is 5.26. The molecule has 90 valence electrons. The van der Waals surface area contributed by atoms with E-state index in [9.17, 15) is 12.9 Å². The van der Waals surface area contributed by atoms with Crippen molar-refractivity contribution in [2.75, 3.05) is 13.0 Å². The summed E-state index contributed by atoms with van der Waals surface area (Å²) >= 11 is 0. The third kappa shape index (κ3) is 4.66. The molecule has 0 aromatic carbocycles. The van der Waals surface area contributed by atoms with Crippen LogP contribution in [0.4, 0.5) is 12.9 Å². The Morgan fingerprint density at radius 2 is 2.00 bits per heavy atom. The van der Waals surface area contributed by atoms with E-state index in [1.165, 1.54) is 4.90 Å². The summed E-state index contributed by atoms with van der Waals surface area (Å²) in [6.45, 7) is -0.596. The number of hydrogen-bond donors (Lipinski definition) is 0. The Bertz CT molecular complexity index is 341. The van der Waals surface area contributed by atoms with Crippen molar-refractivity contribution in [1.82, 2.24) is 9.88 Å². The van der Waals surface area contributed by atoms with Crippen molar-refractivity contribution >= 4 is 6.98 Å². The molecule has 0 amide bonds. The van der Waals surface area contributed by atoms with Crippen LogP contribution in [0.25, 0.3) is 0 Å². The van der Waals surface area contributed by atoms with Crippen molar-refractivity contribution in [3.05, 3.63) is 29.6 Å². The number of aryl methyl sites for hydroxylation is 1. The van der Waals surface area contributed by atoms with E-state index >= 15 is 0 Å². The Labute approximate surface area is 93.5 Å². The van der Waals surface area contributed by atoms with E-state index in [1.807, 2.05) is 19.1 Å². The molecule has 0 aliphatic carbocycles. The summed E-state index contributed by atoms with van der Waals surface area (Å²) in [5.41, 5.74) is 1.51. The van der Waals surface area contributed by atoms with Crippen LogP contribution in [0.3, 0.4) is 0 Å². The third-order valence-corrected chi connectivity index (χ3v) is 2.24. The Morgan fingerprint density at radius 3 is 2.50 bits per heavy atom. The van der Waals surface area contributed by atoms with Crippen LogP contribution in [0.5, 0.6) is 0 Å². The molecule has 0 atom stereocenters. The predicted octanol–water partition coefficient (Wildman–Crippen LogP) is 2.60. The van der Waals surface area contributed by atoms with E-state index in [-0.39, 0.29) is 6.54 Å². The molecule has 1 aromatic heterocycles. The zero-order valence-corrected chi connectivity index (χ0v) is 9.46. The van der Waals surface area contributed by atoms with Crippen LogP contribution in [-0.4, -0.2) is 29.9 Å². The second-order valence-corrected chi connectivity index (χ2v) is 3.81. The standard InChI is InChI=1S/C10H15BF3N2/c1-3-16(8-11(12,13)14)7-10-6-4-5-9(2)15-10/h4-6H,3,7-8H2,1-2H3/q-1. The molecular formula is C10H15BF3N2-. The van der Waals surface area contributed by atoms with E-state index < -0.39 is 13.4 Å². The maximum absolute atomic E-state index is 12.3.